The summed E-state index contributed by atoms with van der Waals surface area (Å²) in [5.41, 5.74) is 0.580. The summed E-state index contributed by atoms with van der Waals surface area (Å²) in [5.74, 6) is 1.89. The highest BCUT2D eigenvalue weighted by Gasteiger charge is 2.20. The van der Waals surface area contributed by atoms with E-state index in [0.29, 0.717) is 55.6 Å². The van der Waals surface area contributed by atoms with Gasteiger partial charge >= 0.3 is 0 Å². The zero-order valence-electron chi connectivity index (χ0n) is 15.4. The molecule has 0 radical (unpaired) electrons. The zero-order valence-corrected chi connectivity index (χ0v) is 16.2. The summed E-state index contributed by atoms with van der Waals surface area (Å²) < 4.78 is 22.7. The summed E-state index contributed by atoms with van der Waals surface area (Å²) in [5, 5.41) is 1.90. The minimum atomic E-state index is -0.233. The fourth-order valence-corrected chi connectivity index (χ4v) is 3.40. The molecule has 2 heterocycles. The van der Waals surface area contributed by atoms with Gasteiger partial charge in [0.25, 0.3) is 0 Å². The van der Waals surface area contributed by atoms with Crippen LogP contribution in [0, 0.1) is 0 Å². The van der Waals surface area contributed by atoms with Gasteiger partial charge in [0.2, 0.25) is 0 Å². The van der Waals surface area contributed by atoms with Crippen LogP contribution in [0.2, 0.25) is 5.15 Å². The van der Waals surface area contributed by atoms with Crippen LogP contribution >= 0.6 is 11.6 Å². The lowest BCUT2D eigenvalue weighted by Gasteiger charge is -2.15. The van der Waals surface area contributed by atoms with Crippen molar-refractivity contribution in [2.75, 3.05) is 21.3 Å². The molecule has 4 rings (SSSR count). The maximum Gasteiger partial charge on any atom is 0.193 e. The van der Waals surface area contributed by atoms with Gasteiger partial charge in [-0.15, -0.1) is 0 Å². The Balaban J connectivity index is 2.19. The van der Waals surface area contributed by atoms with E-state index < -0.39 is 0 Å². The first-order chi connectivity index (χ1) is 13.6. The van der Waals surface area contributed by atoms with Crippen molar-refractivity contribution in [2.45, 2.75) is 0 Å². The first kappa shape index (κ1) is 18.1. The van der Waals surface area contributed by atoms with E-state index >= 15 is 0 Å². The maximum absolute atomic E-state index is 12.9. The second-order valence-electron chi connectivity index (χ2n) is 6.00. The first-order valence-electron chi connectivity index (χ1n) is 8.40. The third kappa shape index (κ3) is 2.82. The molecular weight excluding hydrogens is 382 g/mol. The van der Waals surface area contributed by atoms with Crippen molar-refractivity contribution in [1.82, 2.24) is 4.98 Å². The number of pyridine rings is 1. The van der Waals surface area contributed by atoms with Gasteiger partial charge in [-0.2, -0.15) is 0 Å². The molecule has 0 unspecified atom stereocenters. The number of hydrogen-bond donors (Lipinski definition) is 0. The predicted molar refractivity (Wildman–Crippen MR) is 108 cm³/mol. The number of ether oxygens (including phenoxy) is 3. The van der Waals surface area contributed by atoms with E-state index in [-0.39, 0.29) is 5.43 Å². The van der Waals surface area contributed by atoms with E-state index in [0.717, 1.165) is 0 Å². The van der Waals surface area contributed by atoms with Crippen molar-refractivity contribution in [2.24, 2.45) is 0 Å². The Morgan fingerprint density at radius 2 is 1.57 bits per heavy atom. The second kappa shape index (κ2) is 7.05. The summed E-state index contributed by atoms with van der Waals surface area (Å²) in [7, 11) is 4.64. The fraction of sp³-hybridized carbons (Fsp3) is 0.143. The largest absolute Gasteiger partial charge is 0.496 e. The third-order valence-electron chi connectivity index (χ3n) is 4.49. The Morgan fingerprint density at radius 3 is 2.21 bits per heavy atom. The summed E-state index contributed by atoms with van der Waals surface area (Å²) in [4.78, 5) is 17.1. The summed E-state index contributed by atoms with van der Waals surface area (Å²) in [6.45, 7) is 0. The van der Waals surface area contributed by atoms with Crippen LogP contribution in [0.1, 0.15) is 0 Å². The highest BCUT2D eigenvalue weighted by atomic mass is 35.5. The van der Waals surface area contributed by atoms with E-state index in [1.165, 1.54) is 13.2 Å². The van der Waals surface area contributed by atoms with Crippen LogP contribution in [0.3, 0.4) is 0 Å². The Labute approximate surface area is 165 Å². The van der Waals surface area contributed by atoms with Gasteiger partial charge in [0, 0.05) is 6.07 Å². The van der Waals surface area contributed by atoms with E-state index in [1.54, 1.807) is 50.6 Å². The van der Waals surface area contributed by atoms with Gasteiger partial charge in [-0.25, -0.2) is 4.98 Å². The Morgan fingerprint density at radius 1 is 0.893 bits per heavy atom. The summed E-state index contributed by atoms with van der Waals surface area (Å²) >= 11 is 5.99. The molecule has 0 aliphatic heterocycles. The van der Waals surface area contributed by atoms with Crippen molar-refractivity contribution < 1.29 is 18.6 Å². The highest BCUT2D eigenvalue weighted by Crippen LogP contribution is 2.43. The number of nitrogens with zero attached hydrogens (tertiary/aromatic N) is 1. The minimum absolute atomic E-state index is 0.233. The lowest BCUT2D eigenvalue weighted by atomic mass is 10.0. The molecule has 7 heteroatoms. The standard InChI is InChI=1S/C21H16ClNO5/c1-25-14-7-8-15(26-2)20-19(14)17(27-3)9-11-13(24)10-16(28-21(11)20)12-5-4-6-18(22)23-12/h4-10H,1-3H3. The first-order valence-corrected chi connectivity index (χ1v) is 8.77. The van der Waals surface area contributed by atoms with E-state index in [4.69, 9.17) is 30.2 Å². The van der Waals surface area contributed by atoms with Gasteiger partial charge in [-0.3, -0.25) is 4.79 Å². The molecule has 0 aliphatic carbocycles. The Hall–Kier alpha value is -3.25. The molecule has 0 aliphatic rings. The smallest absolute Gasteiger partial charge is 0.193 e. The van der Waals surface area contributed by atoms with Gasteiger partial charge in [-0.05, 0) is 30.3 Å². The van der Waals surface area contributed by atoms with Crippen LogP contribution in [0.4, 0.5) is 0 Å². The highest BCUT2D eigenvalue weighted by molar-refractivity contribution is 6.29. The van der Waals surface area contributed by atoms with Crippen LogP contribution in [-0.4, -0.2) is 26.3 Å². The van der Waals surface area contributed by atoms with Gasteiger partial charge in [0.05, 0.1) is 37.5 Å². The van der Waals surface area contributed by atoms with Gasteiger partial charge in [0.1, 0.15) is 28.1 Å². The van der Waals surface area contributed by atoms with Gasteiger partial charge < -0.3 is 18.6 Å². The number of rotatable bonds is 4. The Kier molecular flexibility index (Phi) is 4.57. The molecule has 0 saturated heterocycles. The van der Waals surface area contributed by atoms with E-state index in [1.807, 2.05) is 0 Å². The molecule has 0 saturated carbocycles. The zero-order chi connectivity index (χ0) is 19.8. The normalized spacial score (nSPS) is 11.0. The predicted octanol–water partition coefficient (Wildman–Crippen LogP) is 4.69. The summed E-state index contributed by atoms with van der Waals surface area (Å²) in [6.07, 6.45) is 0. The van der Waals surface area contributed by atoms with Crippen molar-refractivity contribution in [1.29, 1.82) is 0 Å². The molecule has 0 N–H and O–H groups in total. The lowest BCUT2D eigenvalue weighted by molar-refractivity contribution is 0.400. The van der Waals surface area contributed by atoms with E-state index in [9.17, 15) is 4.79 Å². The average Bonchev–Trinajstić information content (AvgIpc) is 2.72. The van der Waals surface area contributed by atoms with Crippen molar-refractivity contribution in [3.8, 4) is 28.7 Å². The van der Waals surface area contributed by atoms with Crippen LogP contribution in [0.25, 0.3) is 33.2 Å². The molecule has 0 amide bonds. The third-order valence-corrected chi connectivity index (χ3v) is 4.70. The van der Waals surface area contributed by atoms with Crippen LogP contribution < -0.4 is 19.6 Å². The van der Waals surface area contributed by atoms with Crippen molar-refractivity contribution in [3.63, 3.8) is 0 Å². The molecule has 0 fully saturated rings. The average molecular weight is 398 g/mol. The van der Waals surface area contributed by atoms with Crippen LogP contribution in [0.5, 0.6) is 17.2 Å². The number of fused-ring (bicyclic) bond motifs is 3. The molecule has 0 spiro atoms. The minimum Gasteiger partial charge on any atom is -0.496 e. The number of halogens is 1. The maximum atomic E-state index is 12.9. The fourth-order valence-electron chi connectivity index (χ4n) is 3.24. The number of benzene rings is 2. The Bertz CT molecular complexity index is 1270. The van der Waals surface area contributed by atoms with E-state index in [2.05, 4.69) is 4.98 Å². The van der Waals surface area contributed by atoms with Crippen molar-refractivity contribution in [3.05, 3.63) is 57.8 Å². The van der Waals surface area contributed by atoms with Gasteiger partial charge in [0.15, 0.2) is 16.8 Å². The quantitative estimate of drug-likeness (QED) is 0.367. The van der Waals surface area contributed by atoms with Crippen LogP contribution in [0.15, 0.2) is 51.7 Å². The monoisotopic (exact) mass is 397 g/mol. The number of aromatic nitrogens is 1. The summed E-state index contributed by atoms with van der Waals surface area (Å²) in [6, 6.07) is 11.7. The van der Waals surface area contributed by atoms with Gasteiger partial charge in [-0.1, -0.05) is 17.7 Å². The number of hydrogen-bond acceptors (Lipinski definition) is 6. The molecule has 4 aromatic rings. The molecule has 28 heavy (non-hydrogen) atoms. The molecule has 0 bridgehead atoms. The number of methoxy groups -OCH3 is 3. The van der Waals surface area contributed by atoms with Crippen molar-refractivity contribution >= 4 is 33.3 Å². The molecule has 142 valence electrons. The second-order valence-corrected chi connectivity index (χ2v) is 6.38. The molecule has 6 nitrogen and oxygen atoms in total. The molecule has 2 aromatic carbocycles. The van der Waals surface area contributed by atoms with Crippen LogP contribution in [-0.2, 0) is 0 Å². The molecule has 0 atom stereocenters. The lowest BCUT2D eigenvalue weighted by Crippen LogP contribution is -2.03. The molecule has 2 aromatic heterocycles. The topological polar surface area (TPSA) is 70.8 Å². The SMILES string of the molecule is COc1ccc(OC)c2c1c(OC)cc1c(=O)cc(-c3cccc(Cl)n3)oc12. The molecular formula is C21H16ClNO5.